The lowest BCUT2D eigenvalue weighted by molar-refractivity contribution is -0.112. The number of amides is 1. The van der Waals surface area contributed by atoms with Gasteiger partial charge < -0.3 is 15.0 Å². The van der Waals surface area contributed by atoms with Gasteiger partial charge in [-0.05, 0) is 43.2 Å². The zero-order valence-electron chi connectivity index (χ0n) is 16.7. The van der Waals surface area contributed by atoms with E-state index in [1.165, 1.54) is 0 Å². The molecule has 4 rings (SSSR count). The average Bonchev–Trinajstić information content (AvgIpc) is 2.98. The van der Waals surface area contributed by atoms with Crippen LogP contribution in [0.5, 0.6) is 0 Å². The molecule has 2 aromatic carbocycles. The van der Waals surface area contributed by atoms with Crippen LogP contribution in [-0.2, 0) is 9.53 Å². The van der Waals surface area contributed by atoms with Gasteiger partial charge in [-0.2, -0.15) is 0 Å². The predicted octanol–water partition coefficient (Wildman–Crippen LogP) is 4.55. The van der Waals surface area contributed by atoms with Crippen molar-refractivity contribution in [2.75, 3.05) is 43.6 Å². The lowest BCUT2D eigenvalue weighted by Crippen LogP contribution is -2.40. The summed E-state index contributed by atoms with van der Waals surface area (Å²) in [5.74, 6) is -0.128. The SMILES string of the molecule is C=C1C(=O)N(c2ccccc2Cl)c2ccc(NC3CCN(CCOC)CC3)cc21. The van der Waals surface area contributed by atoms with E-state index in [-0.39, 0.29) is 5.91 Å². The first-order valence-electron chi connectivity index (χ1n) is 9.98. The number of likely N-dealkylation sites (tertiary alicyclic amines) is 1. The smallest absolute Gasteiger partial charge is 0.262 e. The van der Waals surface area contributed by atoms with E-state index in [0.29, 0.717) is 22.3 Å². The van der Waals surface area contributed by atoms with E-state index in [0.717, 1.165) is 56.0 Å². The fourth-order valence-electron chi connectivity index (χ4n) is 4.05. The van der Waals surface area contributed by atoms with E-state index >= 15 is 0 Å². The van der Waals surface area contributed by atoms with Gasteiger partial charge in [0, 0.05) is 49.6 Å². The van der Waals surface area contributed by atoms with E-state index < -0.39 is 0 Å². The quantitative estimate of drug-likeness (QED) is 0.708. The van der Waals surface area contributed by atoms with Crippen LogP contribution in [0.2, 0.25) is 5.02 Å². The number of carbonyl (C=O) groups is 1. The molecule has 0 radical (unpaired) electrons. The van der Waals surface area contributed by atoms with Gasteiger partial charge in [0.25, 0.3) is 5.91 Å². The first-order valence-corrected chi connectivity index (χ1v) is 10.4. The summed E-state index contributed by atoms with van der Waals surface area (Å²) in [7, 11) is 1.74. The number of hydrogen-bond acceptors (Lipinski definition) is 4. The van der Waals surface area contributed by atoms with Crippen LogP contribution in [0.1, 0.15) is 18.4 Å². The van der Waals surface area contributed by atoms with Gasteiger partial charge in [-0.15, -0.1) is 0 Å². The van der Waals surface area contributed by atoms with Crippen LogP contribution in [0.4, 0.5) is 17.1 Å². The van der Waals surface area contributed by atoms with Gasteiger partial charge in [0.15, 0.2) is 0 Å². The number of halogens is 1. The van der Waals surface area contributed by atoms with E-state index in [2.05, 4.69) is 16.8 Å². The van der Waals surface area contributed by atoms with Crippen molar-refractivity contribution in [3.05, 3.63) is 59.6 Å². The fourth-order valence-corrected chi connectivity index (χ4v) is 4.27. The van der Waals surface area contributed by atoms with Crippen LogP contribution >= 0.6 is 11.6 Å². The van der Waals surface area contributed by atoms with Gasteiger partial charge in [-0.25, -0.2) is 0 Å². The molecule has 6 heteroatoms. The van der Waals surface area contributed by atoms with Crippen LogP contribution < -0.4 is 10.2 Å². The molecular weight excluding hydrogens is 386 g/mol. The molecule has 0 unspecified atom stereocenters. The second-order valence-corrected chi connectivity index (χ2v) is 7.96. The minimum atomic E-state index is -0.128. The third-order valence-corrected chi connectivity index (χ3v) is 6.01. The number of carbonyl (C=O) groups excluding carboxylic acids is 1. The Bertz CT molecular complexity index is 922. The summed E-state index contributed by atoms with van der Waals surface area (Å²) in [4.78, 5) is 17.0. The number of rotatable bonds is 6. The highest BCUT2D eigenvalue weighted by Gasteiger charge is 2.33. The summed E-state index contributed by atoms with van der Waals surface area (Å²) >= 11 is 6.34. The molecule has 29 heavy (non-hydrogen) atoms. The van der Waals surface area contributed by atoms with Crippen molar-refractivity contribution in [1.29, 1.82) is 0 Å². The number of anilines is 3. The molecule has 0 aromatic heterocycles. The summed E-state index contributed by atoms with van der Waals surface area (Å²) in [6.45, 7) is 7.93. The summed E-state index contributed by atoms with van der Waals surface area (Å²) in [5, 5.41) is 4.18. The number of para-hydroxylation sites is 1. The van der Waals surface area contributed by atoms with Gasteiger partial charge in [-0.3, -0.25) is 9.69 Å². The molecule has 0 aliphatic carbocycles. The number of ether oxygens (including phenoxy) is 1. The third kappa shape index (κ3) is 4.04. The molecule has 2 aromatic rings. The van der Waals surface area contributed by atoms with E-state index in [1.807, 2.05) is 36.4 Å². The molecule has 1 saturated heterocycles. The first kappa shape index (κ1) is 20.0. The number of piperidine rings is 1. The second-order valence-electron chi connectivity index (χ2n) is 7.56. The molecule has 0 saturated carbocycles. The highest BCUT2D eigenvalue weighted by Crippen LogP contribution is 2.44. The number of methoxy groups -OCH3 is 1. The third-order valence-electron chi connectivity index (χ3n) is 5.69. The number of benzene rings is 2. The van der Waals surface area contributed by atoms with Gasteiger partial charge in [0.1, 0.15) is 0 Å². The summed E-state index contributed by atoms with van der Waals surface area (Å²) in [6.07, 6.45) is 2.18. The topological polar surface area (TPSA) is 44.8 Å². The molecule has 1 fully saturated rings. The van der Waals surface area contributed by atoms with Crippen LogP contribution in [0, 0.1) is 0 Å². The molecule has 1 amide bonds. The number of nitrogens with zero attached hydrogens (tertiary/aromatic N) is 2. The number of fused-ring (bicyclic) bond motifs is 1. The Kier molecular flexibility index (Phi) is 5.90. The Balaban J connectivity index is 1.49. The summed E-state index contributed by atoms with van der Waals surface area (Å²) < 4.78 is 5.17. The van der Waals surface area contributed by atoms with E-state index in [9.17, 15) is 4.79 Å². The van der Waals surface area contributed by atoms with Crippen LogP contribution in [0.25, 0.3) is 5.57 Å². The van der Waals surface area contributed by atoms with Crippen molar-refractivity contribution in [2.24, 2.45) is 0 Å². The average molecular weight is 412 g/mol. The lowest BCUT2D eigenvalue weighted by atomic mass is 10.0. The maximum absolute atomic E-state index is 12.9. The molecule has 0 bridgehead atoms. The number of nitrogens with one attached hydrogen (secondary N) is 1. The van der Waals surface area contributed by atoms with Crippen LogP contribution in [-0.4, -0.2) is 50.2 Å². The highest BCUT2D eigenvalue weighted by molar-refractivity contribution is 6.39. The molecule has 152 valence electrons. The zero-order valence-corrected chi connectivity index (χ0v) is 17.4. The van der Waals surface area contributed by atoms with E-state index in [1.54, 1.807) is 18.1 Å². The molecule has 5 nitrogen and oxygen atoms in total. The highest BCUT2D eigenvalue weighted by atomic mass is 35.5. The molecular formula is C23H26ClN3O2. The van der Waals surface area contributed by atoms with Crippen molar-refractivity contribution in [2.45, 2.75) is 18.9 Å². The molecule has 2 aliphatic heterocycles. The molecule has 2 aliphatic rings. The number of hydrogen-bond donors (Lipinski definition) is 1. The normalized spacial score (nSPS) is 17.7. The Hall–Kier alpha value is -2.34. The standard InChI is InChI=1S/C23H26ClN3O2/c1-16-19-15-18(25-17-9-11-26(12-10-17)13-14-29-2)7-8-21(19)27(23(16)28)22-6-4-3-5-20(22)24/h3-8,15,17,25H,1,9-14H2,2H3. The Labute approximate surface area is 176 Å². The van der Waals surface area contributed by atoms with Gasteiger partial charge in [-0.1, -0.05) is 30.3 Å². The van der Waals surface area contributed by atoms with Crippen molar-refractivity contribution in [1.82, 2.24) is 4.90 Å². The monoisotopic (exact) mass is 411 g/mol. The van der Waals surface area contributed by atoms with Gasteiger partial charge in [0.2, 0.25) is 0 Å². The fraction of sp³-hybridized carbons (Fsp3) is 0.348. The van der Waals surface area contributed by atoms with Gasteiger partial charge in [0.05, 0.1) is 23.0 Å². The van der Waals surface area contributed by atoms with Gasteiger partial charge >= 0.3 is 0 Å². The molecule has 1 N–H and O–H groups in total. The molecule has 0 spiro atoms. The maximum atomic E-state index is 12.9. The van der Waals surface area contributed by atoms with Crippen molar-refractivity contribution in [3.63, 3.8) is 0 Å². The largest absolute Gasteiger partial charge is 0.383 e. The summed E-state index contributed by atoms with van der Waals surface area (Å²) in [5.41, 5.74) is 3.89. The summed E-state index contributed by atoms with van der Waals surface area (Å²) in [6, 6.07) is 13.9. The minimum Gasteiger partial charge on any atom is -0.383 e. The molecule has 2 heterocycles. The van der Waals surface area contributed by atoms with Crippen LogP contribution in [0.3, 0.4) is 0 Å². The lowest BCUT2D eigenvalue weighted by Gasteiger charge is -2.32. The Morgan fingerprint density at radius 2 is 1.93 bits per heavy atom. The van der Waals surface area contributed by atoms with Crippen molar-refractivity contribution < 1.29 is 9.53 Å². The second kappa shape index (κ2) is 8.57. The van der Waals surface area contributed by atoms with Crippen molar-refractivity contribution >= 4 is 40.1 Å². The van der Waals surface area contributed by atoms with Crippen molar-refractivity contribution in [3.8, 4) is 0 Å². The first-order chi connectivity index (χ1) is 14.1. The minimum absolute atomic E-state index is 0.128. The Morgan fingerprint density at radius 1 is 1.17 bits per heavy atom. The maximum Gasteiger partial charge on any atom is 0.262 e. The molecule has 0 atom stereocenters. The van der Waals surface area contributed by atoms with E-state index in [4.69, 9.17) is 16.3 Å². The Morgan fingerprint density at radius 3 is 2.66 bits per heavy atom. The van der Waals surface area contributed by atoms with Crippen LogP contribution in [0.15, 0.2) is 49.0 Å². The predicted molar refractivity (Wildman–Crippen MR) is 119 cm³/mol. The zero-order chi connectivity index (χ0) is 20.4.